The van der Waals surface area contributed by atoms with E-state index in [2.05, 4.69) is 39.6 Å². The van der Waals surface area contributed by atoms with Crippen molar-refractivity contribution in [3.8, 4) is 0 Å². The number of anilines is 1. The normalized spacial score (nSPS) is 20.4. The minimum atomic E-state index is -0.155. The fraction of sp³-hybridized carbons (Fsp3) is 0.333. The van der Waals surface area contributed by atoms with Gasteiger partial charge in [0, 0.05) is 6.04 Å². The Labute approximate surface area is 145 Å². The molecule has 0 aliphatic carbocycles. The van der Waals surface area contributed by atoms with Crippen molar-refractivity contribution in [1.29, 1.82) is 0 Å². The number of aliphatic imine (C=N–C) groups is 1. The molecule has 5 rings (SSSR count). The van der Waals surface area contributed by atoms with E-state index in [1.165, 1.54) is 0 Å². The fourth-order valence-corrected chi connectivity index (χ4v) is 3.45. The molecule has 0 amide bonds. The third-order valence-electron chi connectivity index (χ3n) is 4.87. The van der Waals surface area contributed by atoms with Gasteiger partial charge in [-0.25, -0.2) is 9.98 Å². The Kier molecular flexibility index (Phi) is 3.11. The van der Waals surface area contributed by atoms with Gasteiger partial charge < -0.3 is 9.73 Å². The molecule has 1 atom stereocenters. The zero-order chi connectivity index (χ0) is 17.0. The topological polar surface area (TPSA) is 61.8 Å². The van der Waals surface area contributed by atoms with Crippen LogP contribution in [0.3, 0.4) is 0 Å². The fourth-order valence-electron chi connectivity index (χ4n) is 3.45. The molecule has 2 aromatic heterocycles. The molecule has 3 aromatic rings. The van der Waals surface area contributed by atoms with E-state index in [0.717, 1.165) is 35.4 Å². The van der Waals surface area contributed by atoms with Crippen molar-refractivity contribution in [3.63, 3.8) is 0 Å². The van der Waals surface area contributed by atoms with Crippen molar-refractivity contribution in [1.82, 2.24) is 19.8 Å². The number of rotatable bonds is 2. The highest BCUT2D eigenvalue weighted by Gasteiger charge is 2.37. The summed E-state index contributed by atoms with van der Waals surface area (Å²) in [7, 11) is 0. The molecule has 7 heteroatoms. The van der Waals surface area contributed by atoms with Gasteiger partial charge in [0.2, 0.25) is 11.9 Å². The van der Waals surface area contributed by atoms with Crippen molar-refractivity contribution in [2.75, 3.05) is 18.2 Å². The van der Waals surface area contributed by atoms with E-state index < -0.39 is 0 Å². The van der Waals surface area contributed by atoms with E-state index in [-0.39, 0.29) is 6.17 Å². The Morgan fingerprint density at radius 3 is 2.88 bits per heavy atom. The lowest BCUT2D eigenvalue weighted by Crippen LogP contribution is -2.58. The number of guanidine groups is 1. The number of hydrogen-bond donors (Lipinski definition) is 1. The number of nitrogens with zero attached hydrogens (tertiary/aromatic N) is 5. The molecule has 0 saturated heterocycles. The molecule has 7 nitrogen and oxygen atoms in total. The van der Waals surface area contributed by atoms with Crippen LogP contribution >= 0.6 is 0 Å². The number of para-hydroxylation sites is 2. The second kappa shape index (κ2) is 5.35. The second-order valence-corrected chi connectivity index (χ2v) is 6.71. The van der Waals surface area contributed by atoms with Crippen LogP contribution in [0, 0.1) is 0 Å². The Bertz CT molecular complexity index is 942. The molecular formula is C18H20N6O. The van der Waals surface area contributed by atoms with Crippen LogP contribution in [0.25, 0.3) is 11.0 Å². The summed E-state index contributed by atoms with van der Waals surface area (Å²) in [6.07, 6.45) is 1.55. The second-order valence-electron chi connectivity index (χ2n) is 6.71. The lowest BCUT2D eigenvalue weighted by molar-refractivity contribution is 0.220. The lowest BCUT2D eigenvalue weighted by atomic mass is 10.2. The lowest BCUT2D eigenvalue weighted by Gasteiger charge is -2.42. The van der Waals surface area contributed by atoms with E-state index in [0.29, 0.717) is 12.7 Å². The monoisotopic (exact) mass is 336 g/mol. The summed E-state index contributed by atoms with van der Waals surface area (Å²) in [6, 6.07) is 12.5. The van der Waals surface area contributed by atoms with Crippen LogP contribution in [0.4, 0.5) is 5.95 Å². The molecule has 25 heavy (non-hydrogen) atoms. The molecule has 2 aliphatic heterocycles. The average molecular weight is 336 g/mol. The van der Waals surface area contributed by atoms with Gasteiger partial charge >= 0.3 is 0 Å². The van der Waals surface area contributed by atoms with Gasteiger partial charge in [-0.3, -0.25) is 14.4 Å². The number of fused-ring (bicyclic) bond motifs is 5. The van der Waals surface area contributed by atoms with Gasteiger partial charge in [-0.05, 0) is 38.1 Å². The minimum Gasteiger partial charge on any atom is -0.465 e. The SMILES string of the molecule is CC(C)N1CN=C2NC(c3ccco3)n3c(nc4ccccc43)N2C1. The molecule has 1 N–H and O–H groups in total. The molecule has 0 bridgehead atoms. The van der Waals surface area contributed by atoms with Crippen LogP contribution < -0.4 is 10.2 Å². The summed E-state index contributed by atoms with van der Waals surface area (Å²) in [5.41, 5.74) is 2.05. The standard InChI is InChI=1S/C18H20N6O/c1-12(2)22-10-19-17-21-16(15-8-5-9-25-15)24-14-7-4-3-6-13(14)20-18(24)23(17)11-22/h3-9,12,16H,10-11H2,1-2H3,(H,19,21). The number of hydrogen-bond acceptors (Lipinski definition) is 6. The number of aromatic nitrogens is 2. The van der Waals surface area contributed by atoms with Gasteiger partial charge in [0.25, 0.3) is 0 Å². The van der Waals surface area contributed by atoms with Crippen molar-refractivity contribution in [2.24, 2.45) is 4.99 Å². The van der Waals surface area contributed by atoms with Crippen LogP contribution in [0.2, 0.25) is 0 Å². The quantitative estimate of drug-likeness (QED) is 0.779. The van der Waals surface area contributed by atoms with Crippen LogP contribution in [-0.2, 0) is 0 Å². The third-order valence-corrected chi connectivity index (χ3v) is 4.87. The van der Waals surface area contributed by atoms with Gasteiger partial charge in [-0.2, -0.15) is 0 Å². The summed E-state index contributed by atoms with van der Waals surface area (Å²) in [6.45, 7) is 5.82. The number of imidazole rings is 1. The first-order chi connectivity index (χ1) is 12.2. The maximum absolute atomic E-state index is 5.69. The molecule has 2 aliphatic rings. The van der Waals surface area contributed by atoms with E-state index in [1.807, 2.05) is 30.3 Å². The highest BCUT2D eigenvalue weighted by molar-refractivity contribution is 5.98. The zero-order valence-electron chi connectivity index (χ0n) is 14.3. The molecule has 0 saturated carbocycles. The predicted octanol–water partition coefficient (Wildman–Crippen LogP) is 2.58. The third kappa shape index (κ3) is 2.16. The van der Waals surface area contributed by atoms with Crippen molar-refractivity contribution in [3.05, 3.63) is 48.4 Å². The maximum atomic E-state index is 5.69. The molecule has 128 valence electrons. The van der Waals surface area contributed by atoms with Crippen LogP contribution in [-0.4, -0.2) is 39.8 Å². The summed E-state index contributed by atoms with van der Waals surface area (Å²) < 4.78 is 7.88. The van der Waals surface area contributed by atoms with E-state index >= 15 is 0 Å². The van der Waals surface area contributed by atoms with Crippen molar-refractivity contribution >= 4 is 22.9 Å². The van der Waals surface area contributed by atoms with Gasteiger partial charge in [0.05, 0.1) is 30.6 Å². The van der Waals surface area contributed by atoms with E-state index in [4.69, 9.17) is 14.4 Å². The average Bonchev–Trinajstić information content (AvgIpc) is 3.28. The van der Waals surface area contributed by atoms with Crippen LogP contribution in [0.5, 0.6) is 0 Å². The molecular weight excluding hydrogens is 316 g/mol. The first kappa shape index (κ1) is 14.5. The highest BCUT2D eigenvalue weighted by Crippen LogP contribution is 2.34. The minimum absolute atomic E-state index is 0.155. The molecule has 4 heterocycles. The number of nitrogens with one attached hydrogen (secondary N) is 1. The maximum Gasteiger partial charge on any atom is 0.216 e. The first-order valence-electron chi connectivity index (χ1n) is 8.55. The highest BCUT2D eigenvalue weighted by atomic mass is 16.3. The molecule has 1 unspecified atom stereocenters. The molecule has 0 radical (unpaired) electrons. The van der Waals surface area contributed by atoms with Gasteiger partial charge in [-0.1, -0.05) is 12.1 Å². The predicted molar refractivity (Wildman–Crippen MR) is 96.3 cm³/mol. The van der Waals surface area contributed by atoms with E-state index in [9.17, 15) is 0 Å². The summed E-state index contributed by atoms with van der Waals surface area (Å²) in [4.78, 5) is 14.1. The smallest absolute Gasteiger partial charge is 0.216 e. The summed E-state index contributed by atoms with van der Waals surface area (Å²) >= 11 is 0. The van der Waals surface area contributed by atoms with E-state index in [1.54, 1.807) is 6.26 Å². The Hall–Kier alpha value is -2.80. The Balaban J connectivity index is 1.70. The zero-order valence-corrected chi connectivity index (χ0v) is 14.3. The largest absolute Gasteiger partial charge is 0.465 e. The van der Waals surface area contributed by atoms with Crippen molar-refractivity contribution in [2.45, 2.75) is 26.1 Å². The Morgan fingerprint density at radius 1 is 1.20 bits per heavy atom. The Morgan fingerprint density at radius 2 is 2.08 bits per heavy atom. The number of furan rings is 1. The summed E-state index contributed by atoms with van der Waals surface area (Å²) in [5, 5.41) is 3.53. The molecule has 1 aromatic carbocycles. The first-order valence-corrected chi connectivity index (χ1v) is 8.55. The van der Waals surface area contributed by atoms with Gasteiger partial charge in [0.15, 0.2) is 6.17 Å². The molecule has 0 fully saturated rings. The number of benzene rings is 1. The van der Waals surface area contributed by atoms with Crippen LogP contribution in [0.15, 0.2) is 52.1 Å². The van der Waals surface area contributed by atoms with Gasteiger partial charge in [0.1, 0.15) is 5.76 Å². The van der Waals surface area contributed by atoms with Crippen LogP contribution in [0.1, 0.15) is 25.8 Å². The van der Waals surface area contributed by atoms with Gasteiger partial charge in [-0.15, -0.1) is 0 Å². The summed E-state index contributed by atoms with van der Waals surface area (Å²) in [5.74, 6) is 2.59. The van der Waals surface area contributed by atoms with Crippen molar-refractivity contribution < 1.29 is 4.42 Å². The molecule has 0 spiro atoms.